The Kier molecular flexibility index (Phi) is 8.27. The van der Waals surface area contributed by atoms with Gasteiger partial charge in [0.05, 0.1) is 17.1 Å². The van der Waals surface area contributed by atoms with Crippen LogP contribution in [0.5, 0.6) is 0 Å². The van der Waals surface area contributed by atoms with Crippen molar-refractivity contribution in [1.82, 2.24) is 9.55 Å². The number of hydrogen-bond donors (Lipinski definition) is 1. The van der Waals surface area contributed by atoms with Crippen molar-refractivity contribution in [2.24, 2.45) is 36.1 Å². The van der Waals surface area contributed by atoms with Crippen LogP contribution in [0.3, 0.4) is 0 Å². The van der Waals surface area contributed by atoms with Gasteiger partial charge < -0.3 is 14.4 Å². The number of nitrogens with zero attached hydrogens (tertiary/aromatic N) is 2. The van der Waals surface area contributed by atoms with Crippen molar-refractivity contribution >= 4 is 22.8 Å². The van der Waals surface area contributed by atoms with Crippen LogP contribution in [-0.2, 0) is 21.4 Å². The number of carbonyl (C=O) groups excluding carboxylic acids is 2. The van der Waals surface area contributed by atoms with Gasteiger partial charge in [-0.25, -0.2) is 4.98 Å². The molecule has 1 saturated heterocycles. The zero-order valence-corrected chi connectivity index (χ0v) is 23.2. The van der Waals surface area contributed by atoms with Crippen LogP contribution < -0.4 is 0 Å². The predicted molar refractivity (Wildman–Crippen MR) is 146 cm³/mol. The number of aromatic nitrogens is 2. The molecule has 0 amide bonds. The van der Waals surface area contributed by atoms with Crippen LogP contribution in [0.25, 0.3) is 11.0 Å². The molecule has 1 aromatic carbocycles. The lowest BCUT2D eigenvalue weighted by atomic mass is 9.68. The normalized spacial score (nSPS) is 34.4. The number of imidazole rings is 1. The highest BCUT2D eigenvalue weighted by molar-refractivity contribution is 5.89. The number of aliphatic hydroxyl groups is 1. The Morgan fingerprint density at radius 1 is 1.16 bits per heavy atom. The molecule has 2 heterocycles. The molecule has 2 fully saturated rings. The highest BCUT2D eigenvalue weighted by Crippen LogP contribution is 2.45. The number of ether oxygens (including phenoxy) is 1. The number of allylic oxidation sites excluding steroid dienone is 1. The molecule has 1 aromatic heterocycles. The van der Waals surface area contributed by atoms with E-state index in [1.165, 1.54) is 6.42 Å². The second kappa shape index (κ2) is 11.1. The SMILES string of the molecule is C=C[C@@]1(C)CCC(=O)O[C@H](c2ccc3c(c2)nc(C)n3C)C[C@@H]2CC[C@H]2CCC[C@H](C)[C@H](O)[C@@H](C)C1=O. The monoisotopic (exact) mass is 508 g/mol. The third kappa shape index (κ3) is 5.69. The van der Waals surface area contributed by atoms with Crippen LogP contribution >= 0.6 is 0 Å². The van der Waals surface area contributed by atoms with E-state index in [-0.39, 0.29) is 30.2 Å². The number of aliphatic hydroxyl groups excluding tert-OH is 1. The summed E-state index contributed by atoms with van der Waals surface area (Å²) in [6, 6.07) is 6.20. The van der Waals surface area contributed by atoms with Gasteiger partial charge in [-0.3, -0.25) is 9.59 Å². The van der Waals surface area contributed by atoms with E-state index >= 15 is 0 Å². The molecule has 2 aromatic rings. The fourth-order valence-electron chi connectivity index (χ4n) is 6.34. The number of hydrogen-bond acceptors (Lipinski definition) is 5. The summed E-state index contributed by atoms with van der Waals surface area (Å²) in [5.41, 5.74) is 2.07. The zero-order valence-electron chi connectivity index (χ0n) is 23.2. The highest BCUT2D eigenvalue weighted by atomic mass is 16.5. The molecule has 0 radical (unpaired) electrons. The summed E-state index contributed by atoms with van der Waals surface area (Å²) < 4.78 is 8.21. The van der Waals surface area contributed by atoms with Crippen LogP contribution in [0.2, 0.25) is 0 Å². The molecule has 0 spiro atoms. The summed E-state index contributed by atoms with van der Waals surface area (Å²) in [6.45, 7) is 11.6. The quantitative estimate of drug-likeness (QED) is 0.384. The fourth-order valence-corrected chi connectivity index (χ4v) is 6.34. The molecule has 1 N–H and O–H groups in total. The van der Waals surface area contributed by atoms with Gasteiger partial charge in [0.2, 0.25) is 0 Å². The van der Waals surface area contributed by atoms with Crippen LogP contribution in [0.15, 0.2) is 30.9 Å². The Morgan fingerprint density at radius 3 is 2.57 bits per heavy atom. The van der Waals surface area contributed by atoms with Gasteiger partial charge in [-0.2, -0.15) is 0 Å². The van der Waals surface area contributed by atoms with E-state index in [0.717, 1.165) is 54.5 Å². The number of benzene rings is 1. The number of carbonyl (C=O) groups is 2. The average Bonchev–Trinajstić information content (AvgIpc) is 3.17. The first-order valence-corrected chi connectivity index (χ1v) is 14.0. The van der Waals surface area contributed by atoms with Gasteiger partial charge >= 0.3 is 5.97 Å². The number of aryl methyl sites for hydroxylation is 2. The van der Waals surface area contributed by atoms with E-state index in [9.17, 15) is 14.7 Å². The van der Waals surface area contributed by atoms with E-state index < -0.39 is 17.4 Å². The molecule has 37 heavy (non-hydrogen) atoms. The first-order valence-electron chi connectivity index (χ1n) is 14.0. The Hall–Kier alpha value is -2.47. The minimum absolute atomic E-state index is 0.0470. The van der Waals surface area contributed by atoms with Gasteiger partial charge in [-0.1, -0.05) is 38.8 Å². The fraction of sp³-hybridized carbons (Fsp3) is 0.645. The summed E-state index contributed by atoms with van der Waals surface area (Å²) in [7, 11) is 2.01. The summed E-state index contributed by atoms with van der Waals surface area (Å²) in [4.78, 5) is 31.3. The van der Waals surface area contributed by atoms with Gasteiger partial charge in [0.25, 0.3) is 0 Å². The molecule has 7 atom stereocenters. The largest absolute Gasteiger partial charge is 0.457 e. The summed E-state index contributed by atoms with van der Waals surface area (Å²) >= 11 is 0. The van der Waals surface area contributed by atoms with E-state index in [1.54, 1.807) is 13.0 Å². The number of ketones is 1. The van der Waals surface area contributed by atoms with Gasteiger partial charge in [-0.15, -0.1) is 6.58 Å². The Balaban J connectivity index is 1.61. The van der Waals surface area contributed by atoms with Crippen LogP contribution in [0.4, 0.5) is 0 Å². The standard InChI is InChI=1S/C31H44N2O4/c1-7-31(5)16-15-28(34)37-27(24-13-14-26-25(17-24)32-21(4)33(26)6)18-23-12-11-22(23)10-8-9-19(2)29(35)20(3)30(31)36/h7,13-14,17,19-20,22-23,27,29,35H,1,8-12,15-16,18H2,2-6H3/t19-,20+,22+,23-,27-,29-,31-/m0/s1. The van der Waals surface area contributed by atoms with E-state index in [4.69, 9.17) is 9.72 Å². The molecule has 4 rings (SSSR count). The van der Waals surface area contributed by atoms with Crippen molar-refractivity contribution in [3.05, 3.63) is 42.2 Å². The number of rotatable bonds is 2. The van der Waals surface area contributed by atoms with Crippen molar-refractivity contribution < 1.29 is 19.4 Å². The third-order valence-corrected chi connectivity index (χ3v) is 9.47. The molecule has 202 valence electrons. The van der Waals surface area contributed by atoms with Crippen molar-refractivity contribution in [2.75, 3.05) is 0 Å². The van der Waals surface area contributed by atoms with Crippen LogP contribution in [0.1, 0.15) is 89.6 Å². The molecule has 0 bridgehead atoms. The van der Waals surface area contributed by atoms with Crippen molar-refractivity contribution in [2.45, 2.75) is 91.3 Å². The maximum Gasteiger partial charge on any atom is 0.306 e. The minimum Gasteiger partial charge on any atom is -0.457 e. The maximum absolute atomic E-state index is 13.4. The topological polar surface area (TPSA) is 81.4 Å². The lowest BCUT2D eigenvalue weighted by molar-refractivity contribution is -0.152. The van der Waals surface area contributed by atoms with E-state index in [2.05, 4.69) is 29.3 Å². The highest BCUT2D eigenvalue weighted by Gasteiger charge is 2.39. The predicted octanol–water partition coefficient (Wildman–Crippen LogP) is 6.24. The van der Waals surface area contributed by atoms with Gasteiger partial charge in [0.1, 0.15) is 17.7 Å². The summed E-state index contributed by atoms with van der Waals surface area (Å²) in [5, 5.41) is 10.9. The molecule has 1 aliphatic carbocycles. The zero-order chi connectivity index (χ0) is 26.9. The molecule has 6 nitrogen and oxygen atoms in total. The Morgan fingerprint density at radius 2 is 1.89 bits per heavy atom. The number of cyclic esters (lactones) is 1. The van der Waals surface area contributed by atoms with Crippen LogP contribution in [-0.4, -0.2) is 32.5 Å². The second-order valence-corrected chi connectivity index (χ2v) is 12.0. The summed E-state index contributed by atoms with van der Waals surface area (Å²) in [5.74, 6) is 1.25. The van der Waals surface area contributed by atoms with E-state index in [0.29, 0.717) is 18.3 Å². The van der Waals surface area contributed by atoms with Crippen LogP contribution in [0, 0.1) is 36.0 Å². The van der Waals surface area contributed by atoms with E-state index in [1.807, 2.05) is 27.8 Å². The first-order chi connectivity index (χ1) is 17.5. The lowest BCUT2D eigenvalue weighted by Crippen LogP contribution is -2.39. The van der Waals surface area contributed by atoms with Gasteiger partial charge in [0, 0.05) is 24.8 Å². The number of esters is 1. The Labute approximate surface area is 221 Å². The molecule has 1 saturated carbocycles. The molecule has 1 aliphatic heterocycles. The van der Waals surface area contributed by atoms with Crippen molar-refractivity contribution in [3.63, 3.8) is 0 Å². The third-order valence-electron chi connectivity index (χ3n) is 9.47. The molecule has 6 heteroatoms. The smallest absolute Gasteiger partial charge is 0.306 e. The van der Waals surface area contributed by atoms with Gasteiger partial charge in [0.15, 0.2) is 0 Å². The van der Waals surface area contributed by atoms with Gasteiger partial charge in [-0.05, 0) is 81.4 Å². The average molecular weight is 509 g/mol. The van der Waals surface area contributed by atoms with Crippen molar-refractivity contribution in [3.8, 4) is 0 Å². The second-order valence-electron chi connectivity index (χ2n) is 12.0. The molecule has 0 unspecified atom stereocenters. The summed E-state index contributed by atoms with van der Waals surface area (Å²) in [6.07, 6.45) is 7.25. The number of Topliss-reactive ketones (excluding diaryl/α,β-unsaturated/α-hetero) is 1. The number of fused-ring (bicyclic) bond motifs is 2. The molecular weight excluding hydrogens is 464 g/mol. The molecule has 2 aliphatic rings. The minimum atomic E-state index is -0.894. The Bertz CT molecular complexity index is 1150. The maximum atomic E-state index is 13.4. The van der Waals surface area contributed by atoms with Crippen molar-refractivity contribution in [1.29, 1.82) is 0 Å². The lowest BCUT2D eigenvalue weighted by Gasteiger charge is -2.39. The first kappa shape index (κ1) is 27.6. The molecular formula is C31H44N2O4.